The molecular formula is C39H24N2O. The van der Waals surface area contributed by atoms with Gasteiger partial charge in [0.15, 0.2) is 5.43 Å². The number of para-hydroxylation sites is 4. The van der Waals surface area contributed by atoms with Gasteiger partial charge < -0.3 is 9.13 Å². The third-order valence-corrected chi connectivity index (χ3v) is 8.68. The molecule has 0 amide bonds. The summed E-state index contributed by atoms with van der Waals surface area (Å²) in [6.07, 6.45) is 0. The highest BCUT2D eigenvalue weighted by atomic mass is 16.1. The van der Waals surface area contributed by atoms with Gasteiger partial charge in [0, 0.05) is 32.9 Å². The SMILES string of the molecule is O=c1c2ccccc2n(-c2ccc3c(ccc4cc(-n5c6ccccc6c6ccccc65)ccc43)c2)c2ccccc12. The number of fused-ring (bicyclic) bond motifs is 8. The first-order chi connectivity index (χ1) is 20.8. The second kappa shape index (κ2) is 8.66. The van der Waals surface area contributed by atoms with E-state index in [0.717, 1.165) is 38.6 Å². The zero-order valence-corrected chi connectivity index (χ0v) is 22.7. The Labute approximate surface area is 241 Å². The predicted octanol–water partition coefficient (Wildman–Crippen LogP) is 9.55. The molecule has 0 aliphatic rings. The van der Waals surface area contributed by atoms with Crippen molar-refractivity contribution in [3.05, 3.63) is 156 Å². The van der Waals surface area contributed by atoms with Crippen LogP contribution in [0.4, 0.5) is 0 Å². The molecule has 3 heteroatoms. The highest BCUT2D eigenvalue weighted by Crippen LogP contribution is 2.35. The van der Waals surface area contributed by atoms with Crippen LogP contribution in [-0.2, 0) is 0 Å². The van der Waals surface area contributed by atoms with E-state index in [0.29, 0.717) is 0 Å². The van der Waals surface area contributed by atoms with Crippen LogP contribution in [0.3, 0.4) is 0 Å². The molecule has 9 aromatic rings. The van der Waals surface area contributed by atoms with E-state index < -0.39 is 0 Å². The summed E-state index contributed by atoms with van der Waals surface area (Å²) < 4.78 is 4.57. The summed E-state index contributed by atoms with van der Waals surface area (Å²) in [4.78, 5) is 13.3. The molecule has 0 atom stereocenters. The van der Waals surface area contributed by atoms with E-state index in [1.807, 2.05) is 48.5 Å². The summed E-state index contributed by atoms with van der Waals surface area (Å²) in [5, 5.41) is 8.78. The van der Waals surface area contributed by atoms with Crippen LogP contribution in [-0.4, -0.2) is 9.13 Å². The second-order valence-electron chi connectivity index (χ2n) is 10.9. The average Bonchev–Trinajstić information content (AvgIpc) is 3.39. The summed E-state index contributed by atoms with van der Waals surface area (Å²) in [6, 6.07) is 50.9. The van der Waals surface area contributed by atoms with Crippen LogP contribution >= 0.6 is 0 Å². The van der Waals surface area contributed by atoms with Gasteiger partial charge in [-0.3, -0.25) is 4.79 Å². The number of hydrogen-bond acceptors (Lipinski definition) is 1. The highest BCUT2D eigenvalue weighted by molar-refractivity contribution is 6.11. The predicted molar refractivity (Wildman–Crippen MR) is 176 cm³/mol. The average molecular weight is 537 g/mol. The van der Waals surface area contributed by atoms with Crippen LogP contribution < -0.4 is 5.43 Å². The number of aromatic nitrogens is 2. The molecule has 0 aliphatic carbocycles. The van der Waals surface area contributed by atoms with Crippen molar-refractivity contribution < 1.29 is 0 Å². The molecule has 0 N–H and O–H groups in total. The minimum atomic E-state index is 0.0725. The van der Waals surface area contributed by atoms with Crippen molar-refractivity contribution >= 4 is 65.2 Å². The van der Waals surface area contributed by atoms with Gasteiger partial charge in [-0.1, -0.05) is 84.9 Å². The van der Waals surface area contributed by atoms with Crippen molar-refractivity contribution in [2.75, 3.05) is 0 Å². The van der Waals surface area contributed by atoms with Crippen molar-refractivity contribution in [3.63, 3.8) is 0 Å². The van der Waals surface area contributed by atoms with Gasteiger partial charge in [0.1, 0.15) is 0 Å². The number of hydrogen-bond donors (Lipinski definition) is 0. The van der Waals surface area contributed by atoms with E-state index in [1.54, 1.807) is 0 Å². The van der Waals surface area contributed by atoms with Gasteiger partial charge in [0.2, 0.25) is 0 Å². The molecule has 0 spiro atoms. The third kappa shape index (κ3) is 3.19. The van der Waals surface area contributed by atoms with Crippen LogP contribution in [0, 0.1) is 0 Å². The Hall–Kier alpha value is -5.67. The lowest BCUT2D eigenvalue weighted by molar-refractivity contribution is 1.17. The fraction of sp³-hybridized carbons (Fsp3) is 0. The van der Waals surface area contributed by atoms with Crippen LogP contribution in [0.1, 0.15) is 0 Å². The van der Waals surface area contributed by atoms with E-state index in [4.69, 9.17) is 0 Å². The van der Waals surface area contributed by atoms with E-state index in [9.17, 15) is 4.79 Å². The Morgan fingerprint density at radius 2 is 0.690 bits per heavy atom. The maximum absolute atomic E-state index is 13.3. The van der Waals surface area contributed by atoms with Gasteiger partial charge in [-0.25, -0.2) is 0 Å². The van der Waals surface area contributed by atoms with Crippen LogP contribution in [0.25, 0.3) is 76.5 Å². The van der Waals surface area contributed by atoms with E-state index in [1.165, 1.54) is 38.0 Å². The van der Waals surface area contributed by atoms with E-state index in [2.05, 4.69) is 106 Å². The maximum Gasteiger partial charge on any atom is 0.197 e. The normalized spacial score (nSPS) is 11.9. The Balaban J connectivity index is 1.25. The van der Waals surface area contributed by atoms with Crippen molar-refractivity contribution in [2.24, 2.45) is 0 Å². The van der Waals surface area contributed by atoms with Gasteiger partial charge in [0.25, 0.3) is 0 Å². The molecule has 9 rings (SSSR count). The number of pyridine rings is 1. The summed E-state index contributed by atoms with van der Waals surface area (Å²) in [5.74, 6) is 0. The summed E-state index contributed by atoms with van der Waals surface area (Å²) >= 11 is 0. The second-order valence-corrected chi connectivity index (χ2v) is 10.9. The molecule has 196 valence electrons. The zero-order valence-electron chi connectivity index (χ0n) is 22.7. The lowest BCUT2D eigenvalue weighted by Gasteiger charge is -2.16. The van der Waals surface area contributed by atoms with Crippen LogP contribution in [0.2, 0.25) is 0 Å². The van der Waals surface area contributed by atoms with Gasteiger partial charge >= 0.3 is 0 Å². The summed E-state index contributed by atoms with van der Waals surface area (Å²) in [6.45, 7) is 0. The first kappa shape index (κ1) is 23.1. The van der Waals surface area contributed by atoms with Crippen molar-refractivity contribution in [1.82, 2.24) is 9.13 Å². The molecule has 0 radical (unpaired) electrons. The smallest absolute Gasteiger partial charge is 0.197 e. The fourth-order valence-electron chi connectivity index (χ4n) is 6.80. The van der Waals surface area contributed by atoms with Gasteiger partial charge in [-0.2, -0.15) is 0 Å². The molecule has 0 saturated heterocycles. The highest BCUT2D eigenvalue weighted by Gasteiger charge is 2.14. The van der Waals surface area contributed by atoms with Crippen molar-refractivity contribution in [2.45, 2.75) is 0 Å². The Morgan fingerprint density at radius 1 is 0.333 bits per heavy atom. The topological polar surface area (TPSA) is 26.9 Å². The standard InChI is InChI=1S/C39H24N2O/c42-39-33-11-3-7-15-37(33)41(38-16-8-4-12-34(38)39)28-20-22-30-26(24-28)18-17-25-23-27(19-21-29(25)30)40-35-13-5-1-9-31(35)32-10-2-6-14-36(32)40/h1-24H. The summed E-state index contributed by atoms with van der Waals surface area (Å²) in [5.41, 5.74) is 6.52. The lowest BCUT2D eigenvalue weighted by atomic mass is 10.0. The Morgan fingerprint density at radius 3 is 1.12 bits per heavy atom. The number of rotatable bonds is 2. The molecule has 0 aliphatic heterocycles. The van der Waals surface area contributed by atoms with Gasteiger partial charge in [-0.15, -0.1) is 0 Å². The van der Waals surface area contributed by atoms with Crippen LogP contribution in [0.15, 0.2) is 150 Å². The molecule has 7 aromatic carbocycles. The molecule has 3 nitrogen and oxygen atoms in total. The monoisotopic (exact) mass is 536 g/mol. The van der Waals surface area contributed by atoms with Crippen LogP contribution in [0.5, 0.6) is 0 Å². The first-order valence-corrected chi connectivity index (χ1v) is 14.2. The molecule has 2 aromatic heterocycles. The molecular weight excluding hydrogens is 512 g/mol. The number of nitrogens with zero attached hydrogens (tertiary/aromatic N) is 2. The van der Waals surface area contributed by atoms with Gasteiger partial charge in [0.05, 0.1) is 22.1 Å². The third-order valence-electron chi connectivity index (χ3n) is 8.68. The molecule has 0 saturated carbocycles. The van der Waals surface area contributed by atoms with Gasteiger partial charge in [-0.05, 0) is 82.2 Å². The molecule has 0 unspecified atom stereocenters. The molecule has 2 heterocycles. The number of benzene rings is 7. The van der Waals surface area contributed by atoms with E-state index >= 15 is 0 Å². The molecule has 0 fully saturated rings. The molecule has 42 heavy (non-hydrogen) atoms. The largest absolute Gasteiger partial charge is 0.309 e. The van der Waals surface area contributed by atoms with Crippen molar-refractivity contribution in [1.29, 1.82) is 0 Å². The first-order valence-electron chi connectivity index (χ1n) is 14.2. The zero-order chi connectivity index (χ0) is 27.8. The minimum Gasteiger partial charge on any atom is -0.309 e. The minimum absolute atomic E-state index is 0.0725. The summed E-state index contributed by atoms with van der Waals surface area (Å²) in [7, 11) is 0. The maximum atomic E-state index is 13.3. The Bertz CT molecular complexity index is 2490. The van der Waals surface area contributed by atoms with E-state index in [-0.39, 0.29) is 5.43 Å². The quantitative estimate of drug-likeness (QED) is 0.160. The molecule has 0 bridgehead atoms. The lowest BCUT2D eigenvalue weighted by Crippen LogP contribution is -2.10. The van der Waals surface area contributed by atoms with Crippen molar-refractivity contribution in [3.8, 4) is 11.4 Å². The fourth-order valence-corrected chi connectivity index (χ4v) is 6.80. The Kier molecular flexibility index (Phi) is 4.76.